The summed E-state index contributed by atoms with van der Waals surface area (Å²) in [5, 5.41) is 2.81. The minimum atomic E-state index is -0.701. The summed E-state index contributed by atoms with van der Waals surface area (Å²) in [6.07, 6.45) is 0. The predicted octanol–water partition coefficient (Wildman–Crippen LogP) is 3.46. The molecule has 0 bridgehead atoms. The van der Waals surface area contributed by atoms with Crippen molar-refractivity contribution in [1.29, 1.82) is 0 Å². The molecule has 0 radical (unpaired) electrons. The second-order valence-electron chi connectivity index (χ2n) is 6.59. The molecular formula is C21H26N2O3. The van der Waals surface area contributed by atoms with E-state index in [1.807, 2.05) is 51.1 Å². The summed E-state index contributed by atoms with van der Waals surface area (Å²) in [5.41, 5.74) is 0.866. The molecule has 0 unspecified atom stereocenters. The number of nitrogens with one attached hydrogen (secondary N) is 1. The summed E-state index contributed by atoms with van der Waals surface area (Å²) in [5.74, 6) is 0.348. The number of carbonyl (C=O) groups excluding carboxylic acids is 2. The van der Waals surface area contributed by atoms with Gasteiger partial charge in [-0.25, -0.2) is 0 Å². The first-order valence-electron chi connectivity index (χ1n) is 8.67. The fraction of sp³-hybridized carbons (Fsp3) is 0.333. The summed E-state index contributed by atoms with van der Waals surface area (Å²) in [7, 11) is 1.57. The van der Waals surface area contributed by atoms with Crippen molar-refractivity contribution in [2.45, 2.75) is 26.2 Å². The number of amides is 2. The van der Waals surface area contributed by atoms with Crippen LogP contribution in [-0.4, -0.2) is 36.9 Å². The number of rotatable bonds is 7. The molecule has 0 aliphatic carbocycles. The second-order valence-corrected chi connectivity index (χ2v) is 6.59. The zero-order chi connectivity index (χ0) is 19.2. The van der Waals surface area contributed by atoms with Crippen molar-refractivity contribution < 1.29 is 14.3 Å². The Labute approximate surface area is 155 Å². The molecule has 0 atom stereocenters. The number of likely N-dealkylation sites (N-methyl/N-ethyl adjacent to an activating group) is 1. The monoisotopic (exact) mass is 354 g/mol. The Morgan fingerprint density at radius 2 is 1.77 bits per heavy atom. The number of hydrogen-bond acceptors (Lipinski definition) is 3. The van der Waals surface area contributed by atoms with Crippen LogP contribution in [0.25, 0.3) is 0 Å². The first-order chi connectivity index (χ1) is 12.4. The van der Waals surface area contributed by atoms with E-state index in [-0.39, 0.29) is 18.4 Å². The predicted molar refractivity (Wildman–Crippen MR) is 103 cm³/mol. The lowest BCUT2D eigenvalue weighted by Crippen LogP contribution is -2.46. The highest BCUT2D eigenvalue weighted by atomic mass is 16.5. The Balaban J connectivity index is 2.07. The van der Waals surface area contributed by atoms with Crippen LogP contribution < -0.4 is 10.1 Å². The van der Waals surface area contributed by atoms with E-state index >= 15 is 0 Å². The highest BCUT2D eigenvalue weighted by molar-refractivity contribution is 5.96. The number of methoxy groups -OCH3 is 1. The van der Waals surface area contributed by atoms with E-state index in [1.165, 1.54) is 0 Å². The average Bonchev–Trinajstić information content (AvgIpc) is 2.66. The van der Waals surface area contributed by atoms with E-state index in [1.54, 1.807) is 36.3 Å². The van der Waals surface area contributed by atoms with Gasteiger partial charge in [-0.15, -0.1) is 0 Å². The van der Waals surface area contributed by atoms with Crippen molar-refractivity contribution in [3.8, 4) is 5.75 Å². The fourth-order valence-corrected chi connectivity index (χ4v) is 2.78. The van der Waals surface area contributed by atoms with Gasteiger partial charge in [0.05, 0.1) is 19.1 Å². The van der Waals surface area contributed by atoms with Crippen LogP contribution in [0.4, 0.5) is 5.69 Å². The van der Waals surface area contributed by atoms with Gasteiger partial charge in [-0.05, 0) is 38.5 Å². The molecule has 2 aromatic carbocycles. The first kappa shape index (κ1) is 19.5. The van der Waals surface area contributed by atoms with Gasteiger partial charge in [0.1, 0.15) is 5.75 Å². The average molecular weight is 354 g/mol. The van der Waals surface area contributed by atoms with Crippen LogP contribution >= 0.6 is 0 Å². The Morgan fingerprint density at radius 3 is 2.38 bits per heavy atom. The number of anilines is 1. The van der Waals surface area contributed by atoms with Gasteiger partial charge < -0.3 is 15.0 Å². The van der Waals surface area contributed by atoms with Crippen molar-refractivity contribution in [3.05, 3.63) is 60.2 Å². The molecule has 138 valence electrons. The maximum atomic E-state index is 13.0. The highest BCUT2D eigenvalue weighted by Gasteiger charge is 2.33. The summed E-state index contributed by atoms with van der Waals surface area (Å²) in [6, 6.07) is 16.7. The van der Waals surface area contributed by atoms with Gasteiger partial charge in [-0.1, -0.05) is 36.4 Å². The minimum Gasteiger partial charge on any atom is -0.497 e. The lowest BCUT2D eigenvalue weighted by molar-refractivity contribution is -0.138. The highest BCUT2D eigenvalue weighted by Crippen LogP contribution is 2.25. The molecule has 2 rings (SSSR count). The van der Waals surface area contributed by atoms with Gasteiger partial charge in [0.25, 0.3) is 0 Å². The van der Waals surface area contributed by atoms with Gasteiger partial charge in [-0.3, -0.25) is 9.59 Å². The first-order valence-corrected chi connectivity index (χ1v) is 8.67. The second kappa shape index (κ2) is 8.52. The molecular weight excluding hydrogens is 328 g/mol. The van der Waals surface area contributed by atoms with Crippen molar-refractivity contribution in [1.82, 2.24) is 4.90 Å². The summed E-state index contributed by atoms with van der Waals surface area (Å²) in [6.45, 7) is 6.10. The smallest absolute Gasteiger partial charge is 0.243 e. The quantitative estimate of drug-likeness (QED) is 0.828. The third kappa shape index (κ3) is 4.63. The van der Waals surface area contributed by atoms with E-state index in [4.69, 9.17) is 4.74 Å². The molecule has 26 heavy (non-hydrogen) atoms. The van der Waals surface area contributed by atoms with Crippen LogP contribution in [-0.2, 0) is 15.0 Å². The molecule has 2 aromatic rings. The summed E-state index contributed by atoms with van der Waals surface area (Å²) in [4.78, 5) is 27.0. The molecule has 5 nitrogen and oxygen atoms in total. The van der Waals surface area contributed by atoms with Crippen LogP contribution in [0.2, 0.25) is 0 Å². The number of benzene rings is 2. The van der Waals surface area contributed by atoms with Gasteiger partial charge >= 0.3 is 0 Å². The third-order valence-electron chi connectivity index (χ3n) is 4.39. The number of ether oxygens (including phenoxy) is 1. The Hall–Kier alpha value is -2.82. The van der Waals surface area contributed by atoms with Crippen LogP contribution in [0.15, 0.2) is 54.6 Å². The zero-order valence-electron chi connectivity index (χ0n) is 15.8. The molecule has 2 amide bonds. The Morgan fingerprint density at radius 1 is 1.08 bits per heavy atom. The topological polar surface area (TPSA) is 58.6 Å². The molecule has 0 heterocycles. The van der Waals surface area contributed by atoms with Gasteiger partial charge in [-0.2, -0.15) is 0 Å². The van der Waals surface area contributed by atoms with Crippen LogP contribution in [0, 0.1) is 0 Å². The molecule has 0 fully saturated rings. The van der Waals surface area contributed by atoms with Gasteiger partial charge in [0.2, 0.25) is 11.8 Å². The number of nitrogens with zero attached hydrogens (tertiary/aromatic N) is 1. The number of hydrogen-bond donors (Lipinski definition) is 1. The summed E-state index contributed by atoms with van der Waals surface area (Å²) < 4.78 is 5.15. The Bertz CT molecular complexity index is 757. The van der Waals surface area contributed by atoms with Crippen molar-refractivity contribution in [3.63, 3.8) is 0 Å². The van der Waals surface area contributed by atoms with Gasteiger partial charge in [0, 0.05) is 18.3 Å². The third-order valence-corrected chi connectivity index (χ3v) is 4.39. The van der Waals surface area contributed by atoms with Crippen molar-refractivity contribution in [2.24, 2.45) is 0 Å². The van der Waals surface area contributed by atoms with E-state index in [0.29, 0.717) is 18.0 Å². The molecule has 5 heteroatoms. The van der Waals surface area contributed by atoms with E-state index in [0.717, 1.165) is 5.56 Å². The molecule has 1 N–H and O–H groups in total. The normalized spacial score (nSPS) is 10.9. The van der Waals surface area contributed by atoms with Crippen LogP contribution in [0.3, 0.4) is 0 Å². The van der Waals surface area contributed by atoms with E-state index in [9.17, 15) is 9.59 Å². The summed E-state index contributed by atoms with van der Waals surface area (Å²) >= 11 is 0. The molecule has 0 spiro atoms. The SMILES string of the molecule is CCN(CC(=O)Nc1cccc(OC)c1)C(=O)C(C)(C)c1ccccc1. The van der Waals surface area contributed by atoms with Crippen molar-refractivity contribution >= 4 is 17.5 Å². The zero-order valence-corrected chi connectivity index (χ0v) is 15.8. The molecule has 0 aliphatic heterocycles. The lowest BCUT2D eigenvalue weighted by atomic mass is 9.83. The molecule has 0 saturated heterocycles. The van der Waals surface area contributed by atoms with Crippen LogP contribution in [0.1, 0.15) is 26.3 Å². The van der Waals surface area contributed by atoms with Crippen LogP contribution in [0.5, 0.6) is 5.75 Å². The molecule has 0 aliphatic rings. The fourth-order valence-electron chi connectivity index (χ4n) is 2.78. The maximum absolute atomic E-state index is 13.0. The standard InChI is InChI=1S/C21H26N2O3/c1-5-23(20(25)21(2,3)16-10-7-6-8-11-16)15-19(24)22-17-12-9-13-18(14-17)26-4/h6-14H,5,15H2,1-4H3,(H,22,24). The largest absolute Gasteiger partial charge is 0.497 e. The lowest BCUT2D eigenvalue weighted by Gasteiger charge is -2.31. The number of carbonyl (C=O) groups is 2. The maximum Gasteiger partial charge on any atom is 0.243 e. The van der Waals surface area contributed by atoms with E-state index < -0.39 is 5.41 Å². The Kier molecular flexibility index (Phi) is 6.39. The van der Waals surface area contributed by atoms with Crippen molar-refractivity contribution in [2.75, 3.05) is 25.5 Å². The van der Waals surface area contributed by atoms with Gasteiger partial charge in [0.15, 0.2) is 0 Å². The molecule has 0 aromatic heterocycles. The van der Waals surface area contributed by atoms with E-state index in [2.05, 4.69) is 5.32 Å². The molecule has 0 saturated carbocycles. The minimum absolute atomic E-state index is 0.00278.